The molecule has 0 aliphatic heterocycles. The first-order valence-electron chi connectivity index (χ1n) is 7.38. The van der Waals surface area contributed by atoms with Crippen molar-refractivity contribution < 1.29 is 9.13 Å². The molecular weight excluding hydrogens is 241 g/mol. The molecular formula is C16H24FNO. The van der Waals surface area contributed by atoms with Crippen molar-refractivity contribution in [2.45, 2.75) is 52.1 Å². The minimum absolute atomic E-state index is 0.249. The van der Waals surface area contributed by atoms with Crippen molar-refractivity contribution in [3.63, 3.8) is 0 Å². The van der Waals surface area contributed by atoms with Crippen LogP contribution in [0.25, 0.3) is 0 Å². The summed E-state index contributed by atoms with van der Waals surface area (Å²) in [5, 5.41) is 3.41. The zero-order valence-corrected chi connectivity index (χ0v) is 11.9. The van der Waals surface area contributed by atoms with Gasteiger partial charge in [-0.3, -0.25) is 0 Å². The standard InChI is InChI=1S/C16H24FNO/c1-3-12(4-2)11-19-16-13(6-5-7-15(16)17)10-18-14-8-9-14/h5-7,12,14,18H,3-4,8-11H2,1-2H3. The van der Waals surface area contributed by atoms with Gasteiger partial charge in [0.05, 0.1) is 6.61 Å². The van der Waals surface area contributed by atoms with Crippen LogP contribution in [0.4, 0.5) is 4.39 Å². The largest absolute Gasteiger partial charge is 0.490 e. The number of halogens is 1. The number of hydrogen-bond acceptors (Lipinski definition) is 2. The van der Waals surface area contributed by atoms with Gasteiger partial charge < -0.3 is 10.1 Å². The molecule has 0 aromatic heterocycles. The van der Waals surface area contributed by atoms with Crippen molar-refractivity contribution >= 4 is 0 Å². The molecule has 19 heavy (non-hydrogen) atoms. The van der Waals surface area contributed by atoms with E-state index in [0.717, 1.165) is 18.4 Å². The molecule has 2 nitrogen and oxygen atoms in total. The van der Waals surface area contributed by atoms with Gasteiger partial charge in [-0.2, -0.15) is 0 Å². The highest BCUT2D eigenvalue weighted by Crippen LogP contribution is 2.26. The lowest BCUT2D eigenvalue weighted by Gasteiger charge is -2.17. The van der Waals surface area contributed by atoms with Crippen molar-refractivity contribution in [1.29, 1.82) is 0 Å². The van der Waals surface area contributed by atoms with Gasteiger partial charge in [0.25, 0.3) is 0 Å². The summed E-state index contributed by atoms with van der Waals surface area (Å²) >= 11 is 0. The minimum atomic E-state index is -0.249. The van der Waals surface area contributed by atoms with Crippen molar-refractivity contribution in [2.75, 3.05) is 6.61 Å². The van der Waals surface area contributed by atoms with Gasteiger partial charge in [-0.05, 0) is 24.8 Å². The summed E-state index contributed by atoms with van der Waals surface area (Å²) in [5.41, 5.74) is 0.929. The predicted octanol–water partition coefficient (Wildman–Crippen LogP) is 3.89. The van der Waals surface area contributed by atoms with Gasteiger partial charge in [-0.1, -0.05) is 38.8 Å². The van der Waals surface area contributed by atoms with Gasteiger partial charge in [0, 0.05) is 18.2 Å². The molecule has 0 bridgehead atoms. The molecule has 0 radical (unpaired) electrons. The monoisotopic (exact) mass is 265 g/mol. The van der Waals surface area contributed by atoms with Gasteiger partial charge in [0.2, 0.25) is 0 Å². The fraction of sp³-hybridized carbons (Fsp3) is 0.625. The fourth-order valence-corrected chi connectivity index (χ4v) is 2.12. The summed E-state index contributed by atoms with van der Waals surface area (Å²) in [6, 6.07) is 5.79. The molecule has 1 saturated carbocycles. The second-order valence-corrected chi connectivity index (χ2v) is 5.38. The lowest BCUT2D eigenvalue weighted by molar-refractivity contribution is 0.229. The maximum atomic E-state index is 13.9. The molecule has 1 aromatic carbocycles. The van der Waals surface area contributed by atoms with Crippen molar-refractivity contribution in [3.8, 4) is 5.75 Å². The Morgan fingerprint density at radius 1 is 1.32 bits per heavy atom. The van der Waals surface area contributed by atoms with Crippen LogP contribution in [0, 0.1) is 11.7 Å². The first kappa shape index (κ1) is 14.3. The molecule has 1 aliphatic carbocycles. The molecule has 1 fully saturated rings. The Balaban J connectivity index is 1.99. The first-order chi connectivity index (χ1) is 9.24. The summed E-state index contributed by atoms with van der Waals surface area (Å²) in [6.45, 7) is 5.59. The fourth-order valence-electron chi connectivity index (χ4n) is 2.12. The summed E-state index contributed by atoms with van der Waals surface area (Å²) in [4.78, 5) is 0. The van der Waals surface area contributed by atoms with E-state index in [0.29, 0.717) is 30.9 Å². The van der Waals surface area contributed by atoms with Crippen LogP contribution >= 0.6 is 0 Å². The number of benzene rings is 1. The van der Waals surface area contributed by atoms with E-state index in [1.54, 1.807) is 6.07 Å². The zero-order valence-electron chi connectivity index (χ0n) is 11.9. The molecule has 106 valence electrons. The third-order valence-electron chi connectivity index (χ3n) is 3.83. The maximum Gasteiger partial charge on any atom is 0.165 e. The number of nitrogens with one attached hydrogen (secondary N) is 1. The first-order valence-corrected chi connectivity index (χ1v) is 7.38. The normalized spacial score (nSPS) is 14.9. The molecule has 0 saturated heterocycles. The Morgan fingerprint density at radius 2 is 2.05 bits per heavy atom. The molecule has 0 atom stereocenters. The van der Waals surface area contributed by atoms with Gasteiger partial charge in [0.1, 0.15) is 0 Å². The molecule has 0 spiro atoms. The van der Waals surface area contributed by atoms with Crippen LogP contribution < -0.4 is 10.1 Å². The van der Waals surface area contributed by atoms with Crippen molar-refractivity contribution in [3.05, 3.63) is 29.6 Å². The van der Waals surface area contributed by atoms with E-state index >= 15 is 0 Å². The van der Waals surface area contributed by atoms with E-state index in [-0.39, 0.29) is 5.82 Å². The highest BCUT2D eigenvalue weighted by atomic mass is 19.1. The topological polar surface area (TPSA) is 21.3 Å². The molecule has 1 aromatic rings. The third-order valence-corrected chi connectivity index (χ3v) is 3.83. The quantitative estimate of drug-likeness (QED) is 0.770. The summed E-state index contributed by atoms with van der Waals surface area (Å²) in [5.74, 6) is 0.687. The van der Waals surface area contributed by atoms with E-state index in [2.05, 4.69) is 19.2 Å². The van der Waals surface area contributed by atoms with Crippen molar-refractivity contribution in [1.82, 2.24) is 5.32 Å². The van der Waals surface area contributed by atoms with E-state index in [4.69, 9.17) is 4.74 Å². The smallest absolute Gasteiger partial charge is 0.165 e. The van der Waals surface area contributed by atoms with Crippen LogP contribution in [0.2, 0.25) is 0 Å². The average Bonchev–Trinajstić information content (AvgIpc) is 3.23. The number of para-hydroxylation sites is 1. The lowest BCUT2D eigenvalue weighted by Crippen LogP contribution is -2.18. The molecule has 1 N–H and O–H groups in total. The van der Waals surface area contributed by atoms with Gasteiger partial charge in [-0.15, -0.1) is 0 Å². The molecule has 3 heteroatoms. The van der Waals surface area contributed by atoms with E-state index in [1.165, 1.54) is 18.9 Å². The highest BCUT2D eigenvalue weighted by molar-refractivity contribution is 5.35. The van der Waals surface area contributed by atoms with Gasteiger partial charge in [0.15, 0.2) is 11.6 Å². The second kappa shape index (κ2) is 6.90. The average molecular weight is 265 g/mol. The zero-order chi connectivity index (χ0) is 13.7. The van der Waals surface area contributed by atoms with Gasteiger partial charge in [-0.25, -0.2) is 4.39 Å². The second-order valence-electron chi connectivity index (χ2n) is 5.38. The van der Waals surface area contributed by atoms with Crippen LogP contribution in [0.1, 0.15) is 45.1 Å². The van der Waals surface area contributed by atoms with Crippen LogP contribution in [0.15, 0.2) is 18.2 Å². The predicted molar refractivity (Wildman–Crippen MR) is 75.8 cm³/mol. The Kier molecular flexibility index (Phi) is 5.20. The maximum absolute atomic E-state index is 13.9. The van der Waals surface area contributed by atoms with E-state index < -0.39 is 0 Å². The molecule has 0 heterocycles. The Bertz CT molecular complexity index is 400. The summed E-state index contributed by atoms with van der Waals surface area (Å²) < 4.78 is 19.6. The van der Waals surface area contributed by atoms with Crippen LogP contribution in [0.5, 0.6) is 5.75 Å². The summed E-state index contributed by atoms with van der Waals surface area (Å²) in [6.07, 6.45) is 4.61. The summed E-state index contributed by atoms with van der Waals surface area (Å²) in [7, 11) is 0. The molecule has 2 rings (SSSR count). The lowest BCUT2D eigenvalue weighted by atomic mass is 10.1. The SMILES string of the molecule is CCC(CC)COc1c(F)cccc1CNC1CC1. The van der Waals surface area contributed by atoms with Gasteiger partial charge >= 0.3 is 0 Å². The third kappa shape index (κ3) is 4.20. The molecule has 1 aliphatic rings. The number of rotatable bonds is 8. The highest BCUT2D eigenvalue weighted by Gasteiger charge is 2.21. The Morgan fingerprint density at radius 3 is 2.68 bits per heavy atom. The minimum Gasteiger partial charge on any atom is -0.490 e. The van der Waals surface area contributed by atoms with Crippen molar-refractivity contribution in [2.24, 2.45) is 5.92 Å². The number of ether oxygens (including phenoxy) is 1. The van der Waals surface area contributed by atoms with E-state index in [9.17, 15) is 4.39 Å². The number of hydrogen-bond donors (Lipinski definition) is 1. The van der Waals surface area contributed by atoms with Crippen LogP contribution in [0.3, 0.4) is 0 Å². The molecule has 0 unspecified atom stereocenters. The van der Waals surface area contributed by atoms with E-state index in [1.807, 2.05) is 6.07 Å². The Hall–Kier alpha value is -1.09. The Labute approximate surface area is 115 Å². The molecule has 0 amide bonds. The van der Waals surface area contributed by atoms with Crippen LogP contribution in [-0.4, -0.2) is 12.6 Å². The van der Waals surface area contributed by atoms with Crippen LogP contribution in [-0.2, 0) is 6.54 Å².